The molecule has 3 amide bonds. The molecule has 6 nitrogen and oxygen atoms in total. The fraction of sp³-hybridized carbons (Fsp3) is 0.364. The van der Waals surface area contributed by atoms with E-state index in [-0.39, 0.29) is 19.1 Å². The molecule has 1 aliphatic rings. The van der Waals surface area contributed by atoms with E-state index in [0.717, 1.165) is 16.9 Å². The fourth-order valence-corrected chi connectivity index (χ4v) is 3.43. The molecule has 148 valence electrons. The molecule has 2 atom stereocenters. The molecular weight excluding hydrogens is 356 g/mol. The van der Waals surface area contributed by atoms with E-state index in [9.17, 15) is 14.7 Å². The van der Waals surface area contributed by atoms with Crippen LogP contribution in [0.4, 0.5) is 4.79 Å². The van der Waals surface area contributed by atoms with E-state index in [2.05, 4.69) is 12.2 Å². The number of urea groups is 1. The Morgan fingerprint density at radius 2 is 1.75 bits per heavy atom. The summed E-state index contributed by atoms with van der Waals surface area (Å²) in [6.45, 7) is 3.80. The lowest BCUT2D eigenvalue weighted by Crippen LogP contribution is -2.44. The van der Waals surface area contributed by atoms with Crippen LogP contribution in [-0.4, -0.2) is 41.2 Å². The van der Waals surface area contributed by atoms with Crippen LogP contribution in [0.25, 0.3) is 0 Å². The highest BCUT2D eigenvalue weighted by molar-refractivity contribution is 6.07. The third-order valence-electron chi connectivity index (χ3n) is 5.14. The number of aliphatic hydroxyl groups excluding tert-OH is 1. The smallest absolute Gasteiger partial charge is 0.325 e. The van der Waals surface area contributed by atoms with E-state index in [1.165, 1.54) is 5.56 Å². The number of nitrogens with zero attached hydrogens (tertiary/aromatic N) is 1. The monoisotopic (exact) mass is 382 g/mol. The van der Waals surface area contributed by atoms with Gasteiger partial charge in [0, 0.05) is 0 Å². The minimum absolute atomic E-state index is 0.00695. The van der Waals surface area contributed by atoms with Crippen molar-refractivity contribution in [1.82, 2.24) is 10.2 Å². The van der Waals surface area contributed by atoms with Crippen LogP contribution in [0.1, 0.15) is 31.4 Å². The molecular formula is C22H26N2O4. The molecule has 0 aromatic heterocycles. The number of hydrogen-bond donors (Lipinski definition) is 2. The van der Waals surface area contributed by atoms with Crippen LogP contribution < -0.4 is 10.1 Å². The second kappa shape index (κ2) is 8.44. The van der Waals surface area contributed by atoms with Gasteiger partial charge in [-0.05, 0) is 36.1 Å². The second-order valence-corrected chi connectivity index (χ2v) is 6.93. The molecule has 1 saturated heterocycles. The third-order valence-corrected chi connectivity index (χ3v) is 5.14. The lowest BCUT2D eigenvalue weighted by molar-refractivity contribution is -0.132. The van der Waals surface area contributed by atoms with E-state index in [1.54, 1.807) is 0 Å². The predicted octanol–water partition coefficient (Wildman–Crippen LogP) is 2.85. The Hall–Kier alpha value is -2.86. The Bertz CT molecular complexity index is 822. The van der Waals surface area contributed by atoms with Gasteiger partial charge in [0.15, 0.2) is 0 Å². The number of ether oxygens (including phenoxy) is 1. The Labute approximate surface area is 165 Å². The van der Waals surface area contributed by atoms with Crippen molar-refractivity contribution in [3.8, 4) is 5.75 Å². The first kappa shape index (κ1) is 19.9. The molecule has 1 fully saturated rings. The number of nitrogens with one attached hydrogen (secondary N) is 1. The van der Waals surface area contributed by atoms with Crippen molar-refractivity contribution in [2.24, 2.45) is 0 Å². The molecule has 1 heterocycles. The van der Waals surface area contributed by atoms with Gasteiger partial charge in [-0.1, -0.05) is 56.3 Å². The standard InChI is InChI=1S/C22H26N2O4/c1-3-16-10-12-19(13-11-16)28-15-18(25)14-24-20(26)22(4-2,23-21(24)27)17-8-6-5-7-9-17/h5-13,18,25H,3-4,14-15H2,1-2H3,(H,23,27). The molecule has 0 aliphatic carbocycles. The average Bonchev–Trinajstić information content (AvgIpc) is 2.98. The molecule has 2 aromatic rings. The maximum Gasteiger partial charge on any atom is 0.325 e. The van der Waals surface area contributed by atoms with E-state index < -0.39 is 17.7 Å². The normalized spacial score (nSPS) is 20.2. The van der Waals surface area contributed by atoms with Crippen LogP contribution in [0.15, 0.2) is 54.6 Å². The van der Waals surface area contributed by atoms with Crippen molar-refractivity contribution in [2.45, 2.75) is 38.3 Å². The van der Waals surface area contributed by atoms with Crippen LogP contribution in [-0.2, 0) is 16.8 Å². The van der Waals surface area contributed by atoms with Crippen LogP contribution in [0.3, 0.4) is 0 Å². The zero-order valence-electron chi connectivity index (χ0n) is 16.2. The predicted molar refractivity (Wildman–Crippen MR) is 106 cm³/mol. The number of aryl methyl sites for hydroxylation is 1. The number of imide groups is 1. The maximum absolute atomic E-state index is 13.0. The van der Waals surface area contributed by atoms with Gasteiger partial charge in [0.2, 0.25) is 0 Å². The van der Waals surface area contributed by atoms with Crippen LogP contribution in [0, 0.1) is 0 Å². The van der Waals surface area contributed by atoms with Gasteiger partial charge in [0.05, 0.1) is 6.54 Å². The Balaban J connectivity index is 1.64. The van der Waals surface area contributed by atoms with Gasteiger partial charge in [0.25, 0.3) is 5.91 Å². The summed E-state index contributed by atoms with van der Waals surface area (Å²) < 4.78 is 5.59. The third kappa shape index (κ3) is 3.87. The van der Waals surface area contributed by atoms with Crippen molar-refractivity contribution >= 4 is 11.9 Å². The molecule has 3 rings (SSSR count). The minimum atomic E-state index is -1.09. The number of benzene rings is 2. The van der Waals surface area contributed by atoms with Gasteiger partial charge in [-0.3, -0.25) is 9.69 Å². The summed E-state index contributed by atoms with van der Waals surface area (Å²) in [5.41, 5.74) is 0.846. The molecule has 0 saturated carbocycles. The molecule has 0 bridgehead atoms. The topological polar surface area (TPSA) is 78.9 Å². The van der Waals surface area contributed by atoms with Crippen LogP contribution in [0.5, 0.6) is 5.75 Å². The van der Waals surface area contributed by atoms with Crippen molar-refractivity contribution in [2.75, 3.05) is 13.2 Å². The van der Waals surface area contributed by atoms with Gasteiger partial charge in [-0.2, -0.15) is 0 Å². The average molecular weight is 382 g/mol. The number of carbonyl (C=O) groups excluding carboxylic acids is 2. The number of amides is 3. The van der Waals surface area contributed by atoms with E-state index in [4.69, 9.17) is 4.74 Å². The Morgan fingerprint density at radius 1 is 1.07 bits per heavy atom. The summed E-state index contributed by atoms with van der Waals surface area (Å²) in [7, 11) is 0. The summed E-state index contributed by atoms with van der Waals surface area (Å²) in [4.78, 5) is 26.6. The quantitative estimate of drug-likeness (QED) is 0.688. The lowest BCUT2D eigenvalue weighted by atomic mass is 9.87. The fourth-order valence-electron chi connectivity index (χ4n) is 3.43. The van der Waals surface area contributed by atoms with Gasteiger partial charge in [-0.15, -0.1) is 0 Å². The maximum atomic E-state index is 13.0. The van der Waals surface area contributed by atoms with E-state index in [0.29, 0.717) is 12.2 Å². The second-order valence-electron chi connectivity index (χ2n) is 6.93. The number of hydrogen-bond acceptors (Lipinski definition) is 4. The lowest BCUT2D eigenvalue weighted by Gasteiger charge is -2.26. The first-order chi connectivity index (χ1) is 13.5. The summed E-state index contributed by atoms with van der Waals surface area (Å²) >= 11 is 0. The molecule has 2 aromatic carbocycles. The van der Waals surface area contributed by atoms with Crippen molar-refractivity contribution in [1.29, 1.82) is 0 Å². The molecule has 2 unspecified atom stereocenters. The highest BCUT2D eigenvalue weighted by Crippen LogP contribution is 2.32. The highest BCUT2D eigenvalue weighted by Gasteiger charge is 2.51. The first-order valence-corrected chi connectivity index (χ1v) is 9.59. The van der Waals surface area contributed by atoms with Gasteiger partial charge in [0.1, 0.15) is 24.0 Å². The molecule has 1 aliphatic heterocycles. The summed E-state index contributed by atoms with van der Waals surface area (Å²) in [6.07, 6.45) is 0.383. The van der Waals surface area contributed by atoms with Gasteiger partial charge >= 0.3 is 6.03 Å². The number of carbonyl (C=O) groups is 2. The van der Waals surface area contributed by atoms with Gasteiger partial charge < -0.3 is 15.2 Å². The van der Waals surface area contributed by atoms with Crippen LogP contribution >= 0.6 is 0 Å². The zero-order valence-corrected chi connectivity index (χ0v) is 16.2. The van der Waals surface area contributed by atoms with Crippen molar-refractivity contribution < 1.29 is 19.4 Å². The molecule has 0 spiro atoms. The SMILES string of the molecule is CCc1ccc(OCC(O)CN2C(=O)NC(CC)(c3ccccc3)C2=O)cc1. The highest BCUT2D eigenvalue weighted by atomic mass is 16.5. The van der Waals surface area contributed by atoms with Crippen molar-refractivity contribution in [3.05, 3.63) is 65.7 Å². The summed E-state index contributed by atoms with van der Waals surface area (Å²) in [5.74, 6) is 0.290. The van der Waals surface area contributed by atoms with E-state index >= 15 is 0 Å². The molecule has 2 N–H and O–H groups in total. The van der Waals surface area contributed by atoms with E-state index in [1.807, 2.05) is 61.5 Å². The number of rotatable bonds is 8. The molecule has 0 radical (unpaired) electrons. The first-order valence-electron chi connectivity index (χ1n) is 9.59. The van der Waals surface area contributed by atoms with Crippen LogP contribution in [0.2, 0.25) is 0 Å². The minimum Gasteiger partial charge on any atom is -0.491 e. The largest absolute Gasteiger partial charge is 0.491 e. The summed E-state index contributed by atoms with van der Waals surface area (Å²) in [6, 6.07) is 16.3. The Morgan fingerprint density at radius 3 is 2.36 bits per heavy atom. The van der Waals surface area contributed by atoms with Gasteiger partial charge in [-0.25, -0.2) is 4.79 Å². The molecule has 6 heteroatoms. The summed E-state index contributed by atoms with van der Waals surface area (Å²) in [5, 5.41) is 13.1. The zero-order chi connectivity index (χ0) is 20.1. The van der Waals surface area contributed by atoms with Crippen molar-refractivity contribution in [3.63, 3.8) is 0 Å². The molecule has 28 heavy (non-hydrogen) atoms. The number of β-amino-alcohol motifs (C(OH)–C–C–N with tert-alkyl or cyclic N) is 1. The Kier molecular flexibility index (Phi) is 5.99. The number of aliphatic hydroxyl groups is 1.